The van der Waals surface area contributed by atoms with Crippen LogP contribution in [0, 0.1) is 29.1 Å². The molecule has 0 fully saturated rings. The van der Waals surface area contributed by atoms with Crippen LogP contribution in [-0.2, 0) is 11.2 Å². The summed E-state index contributed by atoms with van der Waals surface area (Å²) in [6.45, 7) is 8.00. The summed E-state index contributed by atoms with van der Waals surface area (Å²) in [6.07, 6.45) is -0.302. The van der Waals surface area contributed by atoms with Crippen LogP contribution >= 0.6 is 0 Å². The molecule has 0 aliphatic heterocycles. The van der Waals surface area contributed by atoms with Gasteiger partial charge in [0, 0.05) is 12.0 Å². The maximum atomic E-state index is 13.2. The molecule has 122 valence electrons. The van der Waals surface area contributed by atoms with Crippen molar-refractivity contribution in [2.45, 2.75) is 40.2 Å². The van der Waals surface area contributed by atoms with Crippen LogP contribution in [-0.4, -0.2) is 19.4 Å². The second-order valence-corrected chi connectivity index (χ2v) is 3.28. The molecule has 0 aliphatic carbocycles. The minimum absolute atomic E-state index is 0.318. The van der Waals surface area contributed by atoms with E-state index in [1.165, 1.54) is 7.05 Å². The Balaban J connectivity index is 0. The van der Waals surface area contributed by atoms with Gasteiger partial charge in [0.1, 0.15) is 6.29 Å². The van der Waals surface area contributed by atoms with Gasteiger partial charge in [-0.15, -0.1) is 0 Å². The molecule has 0 aliphatic rings. The summed E-state index contributed by atoms with van der Waals surface area (Å²) in [7, 11) is 1.32. The molecule has 7 heteroatoms. The van der Waals surface area contributed by atoms with E-state index in [1.807, 2.05) is 27.7 Å². The van der Waals surface area contributed by atoms with Crippen LogP contribution in [0.25, 0.3) is 0 Å². The molecule has 0 radical (unpaired) electrons. The van der Waals surface area contributed by atoms with Crippen LogP contribution < -0.4 is 5.32 Å². The fourth-order valence-electron chi connectivity index (χ4n) is 1.27. The summed E-state index contributed by atoms with van der Waals surface area (Å²) >= 11 is 0. The van der Waals surface area contributed by atoms with Crippen molar-refractivity contribution in [2.75, 3.05) is 7.05 Å². The first-order chi connectivity index (χ1) is 9.93. The zero-order chi connectivity index (χ0) is 17.2. The summed E-state index contributed by atoms with van der Waals surface area (Å²) < 4.78 is 64.6. The molecule has 0 bridgehead atoms. The third-order valence-electron chi connectivity index (χ3n) is 2.26. The number of hydrogen-bond donors (Lipinski definition) is 1. The number of aldehydes is 1. The smallest absolute Gasteiger partial charge is 0.200 e. The Hall–Kier alpha value is -1.50. The lowest BCUT2D eigenvalue weighted by atomic mass is 10.0. The van der Waals surface area contributed by atoms with Gasteiger partial charge in [-0.25, -0.2) is 22.0 Å². The van der Waals surface area contributed by atoms with Gasteiger partial charge in [-0.05, 0) is 7.05 Å². The number of hydrogen-bond acceptors (Lipinski definition) is 2. The Morgan fingerprint density at radius 3 is 1.48 bits per heavy atom. The predicted octanol–water partition coefficient (Wildman–Crippen LogP) is 3.76. The van der Waals surface area contributed by atoms with Crippen molar-refractivity contribution in [3.8, 4) is 0 Å². The second-order valence-electron chi connectivity index (χ2n) is 3.28. The van der Waals surface area contributed by atoms with Crippen LogP contribution in [0.2, 0.25) is 0 Å². The molecule has 0 heterocycles. The minimum atomic E-state index is -2.21. The summed E-state index contributed by atoms with van der Waals surface area (Å²) in [5.74, 6) is -10.1. The number of carbonyl (C=O) groups excluding carboxylic acids is 1. The Morgan fingerprint density at radius 1 is 0.857 bits per heavy atom. The SMILES string of the molecule is CC.CC.CNC(C=O)Cc1c(F)c(F)c(F)c(F)c1F. The molecule has 0 saturated heterocycles. The average molecular weight is 313 g/mol. The molecular weight excluding hydrogens is 293 g/mol. The molecule has 1 N–H and O–H groups in total. The van der Waals surface area contributed by atoms with Crippen LogP contribution in [0.3, 0.4) is 0 Å². The molecule has 0 amide bonds. The number of likely N-dealkylation sites (N-methyl/N-ethyl adjacent to an activating group) is 1. The van der Waals surface area contributed by atoms with Crippen molar-refractivity contribution in [3.05, 3.63) is 34.6 Å². The lowest BCUT2D eigenvalue weighted by Crippen LogP contribution is -2.30. The Morgan fingerprint density at radius 2 is 1.19 bits per heavy atom. The zero-order valence-corrected chi connectivity index (χ0v) is 12.7. The maximum absolute atomic E-state index is 13.2. The topological polar surface area (TPSA) is 29.1 Å². The fourth-order valence-corrected chi connectivity index (χ4v) is 1.27. The van der Waals surface area contributed by atoms with Crippen molar-refractivity contribution < 1.29 is 26.7 Å². The van der Waals surface area contributed by atoms with E-state index in [0.29, 0.717) is 6.29 Å². The van der Waals surface area contributed by atoms with Gasteiger partial charge in [0.25, 0.3) is 0 Å². The van der Waals surface area contributed by atoms with E-state index >= 15 is 0 Å². The van der Waals surface area contributed by atoms with Gasteiger partial charge in [-0.2, -0.15) is 0 Å². The summed E-state index contributed by atoms with van der Waals surface area (Å²) in [6, 6.07) is -1.02. The molecular formula is C14H20F5NO. The third-order valence-corrected chi connectivity index (χ3v) is 2.26. The normalized spacial score (nSPS) is 10.8. The van der Waals surface area contributed by atoms with Crippen molar-refractivity contribution in [1.29, 1.82) is 0 Å². The number of rotatable bonds is 4. The van der Waals surface area contributed by atoms with Crippen LogP contribution in [0.4, 0.5) is 22.0 Å². The Bertz CT molecular complexity index is 422. The van der Waals surface area contributed by atoms with Gasteiger partial charge in [0.15, 0.2) is 23.3 Å². The van der Waals surface area contributed by atoms with Gasteiger partial charge in [0.2, 0.25) is 5.82 Å². The predicted molar refractivity (Wildman–Crippen MR) is 71.5 cm³/mol. The van der Waals surface area contributed by atoms with Gasteiger partial charge in [-0.3, -0.25) is 0 Å². The van der Waals surface area contributed by atoms with E-state index in [4.69, 9.17) is 0 Å². The van der Waals surface area contributed by atoms with Crippen LogP contribution in [0.5, 0.6) is 0 Å². The van der Waals surface area contributed by atoms with E-state index in [1.54, 1.807) is 0 Å². The molecule has 0 spiro atoms. The highest BCUT2D eigenvalue weighted by Gasteiger charge is 2.26. The lowest BCUT2D eigenvalue weighted by molar-refractivity contribution is -0.109. The van der Waals surface area contributed by atoms with Crippen LogP contribution in [0.1, 0.15) is 33.3 Å². The molecule has 2 nitrogen and oxygen atoms in total. The molecule has 1 aromatic rings. The highest BCUT2D eigenvalue weighted by atomic mass is 19.2. The third kappa shape index (κ3) is 5.41. The average Bonchev–Trinajstić information content (AvgIpc) is 2.55. The Labute approximate surface area is 121 Å². The first-order valence-corrected chi connectivity index (χ1v) is 6.56. The summed E-state index contributed by atoms with van der Waals surface area (Å²) in [4.78, 5) is 10.4. The maximum Gasteiger partial charge on any atom is 0.200 e. The number of carbonyl (C=O) groups is 1. The minimum Gasteiger partial charge on any atom is -0.311 e. The largest absolute Gasteiger partial charge is 0.311 e. The van der Waals surface area contributed by atoms with Crippen LogP contribution in [0.15, 0.2) is 0 Å². The van der Waals surface area contributed by atoms with Crippen molar-refractivity contribution in [1.82, 2.24) is 5.32 Å². The van der Waals surface area contributed by atoms with Crippen molar-refractivity contribution in [3.63, 3.8) is 0 Å². The second kappa shape index (κ2) is 11.2. The first kappa shape index (κ1) is 21.8. The molecule has 0 saturated carbocycles. The van der Waals surface area contributed by atoms with E-state index in [0.717, 1.165) is 0 Å². The molecule has 1 rings (SSSR count). The van der Waals surface area contributed by atoms with E-state index in [2.05, 4.69) is 5.32 Å². The van der Waals surface area contributed by atoms with Gasteiger partial charge in [0.05, 0.1) is 6.04 Å². The Kier molecular flexibility index (Phi) is 11.6. The molecule has 1 atom stereocenters. The zero-order valence-electron chi connectivity index (χ0n) is 12.7. The van der Waals surface area contributed by atoms with Crippen molar-refractivity contribution >= 4 is 6.29 Å². The van der Waals surface area contributed by atoms with Crippen molar-refractivity contribution in [2.24, 2.45) is 0 Å². The van der Waals surface area contributed by atoms with E-state index in [-0.39, 0.29) is 0 Å². The monoisotopic (exact) mass is 313 g/mol. The quantitative estimate of drug-likeness (QED) is 0.397. The molecule has 1 aromatic carbocycles. The number of benzene rings is 1. The lowest BCUT2D eigenvalue weighted by Gasteiger charge is -2.12. The summed E-state index contributed by atoms with van der Waals surface area (Å²) in [5.41, 5.74) is -1.01. The van der Waals surface area contributed by atoms with Gasteiger partial charge in [-0.1, -0.05) is 27.7 Å². The van der Waals surface area contributed by atoms with E-state index in [9.17, 15) is 26.7 Å². The molecule has 1 unspecified atom stereocenters. The molecule has 0 aromatic heterocycles. The number of halogens is 5. The highest BCUT2D eigenvalue weighted by molar-refractivity contribution is 5.58. The highest BCUT2D eigenvalue weighted by Crippen LogP contribution is 2.23. The number of nitrogens with one attached hydrogen (secondary N) is 1. The van der Waals surface area contributed by atoms with Gasteiger partial charge < -0.3 is 10.1 Å². The fraction of sp³-hybridized carbons (Fsp3) is 0.500. The van der Waals surface area contributed by atoms with E-state index < -0.39 is 47.1 Å². The summed E-state index contributed by atoms with van der Waals surface area (Å²) in [5, 5.41) is 2.37. The standard InChI is InChI=1S/C10H8F5NO.2C2H6/c1-16-4(3-17)2-5-6(11)8(13)10(15)9(14)7(5)12;2*1-2/h3-4,16H,2H2,1H3;2*1-2H3. The molecule has 21 heavy (non-hydrogen) atoms. The first-order valence-electron chi connectivity index (χ1n) is 6.56. The van der Waals surface area contributed by atoms with Gasteiger partial charge >= 0.3 is 0 Å².